The van der Waals surface area contributed by atoms with Crippen LogP contribution < -0.4 is 10.6 Å². The minimum Gasteiger partial charge on any atom is -0.478 e. The molecule has 0 saturated heterocycles. The van der Waals surface area contributed by atoms with E-state index in [1.807, 2.05) is 24.3 Å². The number of carboxylic acid groups (broad SMARTS) is 1. The van der Waals surface area contributed by atoms with Gasteiger partial charge in [0, 0.05) is 18.9 Å². The van der Waals surface area contributed by atoms with Gasteiger partial charge < -0.3 is 20.5 Å². The van der Waals surface area contributed by atoms with Gasteiger partial charge in [-0.05, 0) is 53.3 Å². The van der Waals surface area contributed by atoms with E-state index < -0.39 is 12.1 Å². The Hall–Kier alpha value is -3.84. The number of halogens is 1. The van der Waals surface area contributed by atoms with Gasteiger partial charge in [-0.15, -0.1) is 0 Å². The van der Waals surface area contributed by atoms with Gasteiger partial charge in [-0.25, -0.2) is 9.59 Å². The maximum Gasteiger partial charge on any atom is 0.407 e. The van der Waals surface area contributed by atoms with E-state index in [9.17, 15) is 14.4 Å². The summed E-state index contributed by atoms with van der Waals surface area (Å²) in [4.78, 5) is 35.5. The molecule has 0 unspecified atom stereocenters. The van der Waals surface area contributed by atoms with Crippen LogP contribution in [0.3, 0.4) is 0 Å². The highest BCUT2D eigenvalue weighted by atomic mass is 35.5. The maximum atomic E-state index is 12.2. The minimum atomic E-state index is -1.10. The zero-order chi connectivity index (χ0) is 24.8. The third-order valence-corrected chi connectivity index (χ3v) is 6.26. The fourth-order valence-corrected chi connectivity index (χ4v) is 4.38. The van der Waals surface area contributed by atoms with E-state index in [0.29, 0.717) is 19.4 Å². The molecular weight excluding hydrogens is 468 g/mol. The van der Waals surface area contributed by atoms with Gasteiger partial charge in [-0.1, -0.05) is 60.1 Å². The van der Waals surface area contributed by atoms with Crippen molar-refractivity contribution in [1.29, 1.82) is 0 Å². The van der Waals surface area contributed by atoms with E-state index in [1.165, 1.54) is 29.3 Å². The van der Waals surface area contributed by atoms with Gasteiger partial charge >= 0.3 is 12.1 Å². The first-order valence-corrected chi connectivity index (χ1v) is 11.7. The summed E-state index contributed by atoms with van der Waals surface area (Å²) in [7, 11) is 0. The molecule has 180 valence electrons. The topological polar surface area (TPSA) is 105 Å². The number of anilines is 1. The molecule has 3 aromatic rings. The Bertz CT molecular complexity index is 1210. The van der Waals surface area contributed by atoms with Crippen molar-refractivity contribution in [1.82, 2.24) is 5.32 Å². The summed E-state index contributed by atoms with van der Waals surface area (Å²) < 4.78 is 5.50. The van der Waals surface area contributed by atoms with Crippen LogP contribution in [-0.4, -0.2) is 36.2 Å². The third-order valence-electron chi connectivity index (χ3n) is 5.93. The average Bonchev–Trinajstić information content (AvgIpc) is 3.17. The number of carbonyl (C=O) groups is 3. The van der Waals surface area contributed by atoms with Crippen molar-refractivity contribution in [2.45, 2.75) is 25.2 Å². The Labute approximate surface area is 208 Å². The molecule has 2 amide bonds. The van der Waals surface area contributed by atoms with Gasteiger partial charge in [0.25, 0.3) is 0 Å². The lowest BCUT2D eigenvalue weighted by Gasteiger charge is -2.14. The van der Waals surface area contributed by atoms with Crippen LogP contribution in [0.1, 0.15) is 46.7 Å². The van der Waals surface area contributed by atoms with Gasteiger partial charge in [-0.2, -0.15) is 0 Å². The van der Waals surface area contributed by atoms with Crippen LogP contribution in [0.2, 0.25) is 5.02 Å². The van der Waals surface area contributed by atoms with Crippen LogP contribution in [-0.2, 0) is 9.53 Å². The second-order valence-corrected chi connectivity index (χ2v) is 8.66. The van der Waals surface area contributed by atoms with E-state index in [2.05, 4.69) is 34.9 Å². The first-order valence-electron chi connectivity index (χ1n) is 11.4. The molecule has 0 bridgehead atoms. The number of hydrogen-bond donors (Lipinski definition) is 3. The lowest BCUT2D eigenvalue weighted by molar-refractivity contribution is -0.116. The van der Waals surface area contributed by atoms with Crippen molar-refractivity contribution in [3.8, 4) is 11.1 Å². The number of carboxylic acids is 1. The molecule has 4 rings (SSSR count). The number of aromatic carboxylic acids is 1. The van der Waals surface area contributed by atoms with E-state index in [1.54, 1.807) is 0 Å². The van der Waals surface area contributed by atoms with Gasteiger partial charge in [0.15, 0.2) is 0 Å². The highest BCUT2D eigenvalue weighted by molar-refractivity contribution is 6.33. The molecule has 3 aromatic carbocycles. The number of nitrogens with one attached hydrogen (secondary N) is 2. The van der Waals surface area contributed by atoms with Crippen LogP contribution in [0.25, 0.3) is 11.1 Å². The number of carbonyl (C=O) groups excluding carboxylic acids is 2. The molecule has 3 N–H and O–H groups in total. The van der Waals surface area contributed by atoms with Crippen LogP contribution in [0, 0.1) is 0 Å². The SMILES string of the molecule is O=C(CCCCNC(=O)OCC1c2ccccc2-c2ccccc21)Nc1cc(C(=O)O)ccc1Cl. The molecule has 7 nitrogen and oxygen atoms in total. The predicted molar refractivity (Wildman–Crippen MR) is 134 cm³/mol. The smallest absolute Gasteiger partial charge is 0.407 e. The third kappa shape index (κ3) is 5.81. The lowest BCUT2D eigenvalue weighted by atomic mass is 9.98. The number of rotatable bonds is 9. The van der Waals surface area contributed by atoms with Crippen molar-refractivity contribution in [3.05, 3.63) is 88.4 Å². The maximum absolute atomic E-state index is 12.2. The average molecular weight is 493 g/mol. The fourth-order valence-electron chi connectivity index (χ4n) is 4.22. The minimum absolute atomic E-state index is 0.00306. The molecule has 0 heterocycles. The molecule has 0 aromatic heterocycles. The summed E-state index contributed by atoms with van der Waals surface area (Å²) in [5.41, 5.74) is 4.95. The Morgan fingerprint density at radius 2 is 1.57 bits per heavy atom. The second kappa shape index (κ2) is 11.1. The summed E-state index contributed by atoms with van der Waals surface area (Å²) in [6.45, 7) is 0.623. The standard InChI is InChI=1S/C27H25ClN2O5/c28-23-13-12-17(26(32)33)15-24(23)30-25(31)11-5-6-14-29-27(34)35-16-22-20-9-3-1-7-18(20)19-8-2-4-10-21(19)22/h1-4,7-10,12-13,15,22H,5-6,11,14,16H2,(H,29,34)(H,30,31)(H,32,33). The van der Waals surface area contributed by atoms with Gasteiger partial charge in [0.2, 0.25) is 5.91 Å². The summed E-state index contributed by atoms with van der Waals surface area (Å²) >= 11 is 6.03. The van der Waals surface area contributed by atoms with E-state index in [-0.39, 0.29) is 41.1 Å². The van der Waals surface area contributed by atoms with Crippen molar-refractivity contribution >= 4 is 35.3 Å². The Balaban J connectivity index is 1.18. The first kappa shape index (κ1) is 24.3. The molecule has 0 fully saturated rings. The number of benzene rings is 3. The number of alkyl carbamates (subject to hydrolysis) is 1. The van der Waals surface area contributed by atoms with Crippen molar-refractivity contribution in [3.63, 3.8) is 0 Å². The zero-order valence-corrected chi connectivity index (χ0v) is 19.7. The number of hydrogen-bond acceptors (Lipinski definition) is 4. The van der Waals surface area contributed by atoms with E-state index in [0.717, 1.165) is 11.1 Å². The van der Waals surface area contributed by atoms with Crippen LogP contribution in [0.4, 0.5) is 10.5 Å². The second-order valence-electron chi connectivity index (χ2n) is 8.26. The van der Waals surface area contributed by atoms with Crippen LogP contribution in [0.15, 0.2) is 66.7 Å². The molecule has 1 aliphatic rings. The van der Waals surface area contributed by atoms with Crippen molar-refractivity contribution in [2.75, 3.05) is 18.5 Å². The van der Waals surface area contributed by atoms with Crippen molar-refractivity contribution in [2.24, 2.45) is 0 Å². The number of unbranched alkanes of at least 4 members (excludes halogenated alkanes) is 1. The highest BCUT2D eigenvalue weighted by Crippen LogP contribution is 2.44. The quantitative estimate of drug-likeness (QED) is 0.333. The monoisotopic (exact) mass is 492 g/mol. The molecule has 0 saturated carbocycles. The summed E-state index contributed by atoms with van der Waals surface area (Å²) in [6, 6.07) is 20.4. The summed E-state index contributed by atoms with van der Waals surface area (Å²) in [5, 5.41) is 14.7. The molecule has 35 heavy (non-hydrogen) atoms. The zero-order valence-electron chi connectivity index (χ0n) is 18.9. The van der Waals surface area contributed by atoms with Gasteiger partial charge in [0.05, 0.1) is 16.3 Å². The number of fused-ring (bicyclic) bond motifs is 3. The Morgan fingerprint density at radius 1 is 0.914 bits per heavy atom. The Morgan fingerprint density at radius 3 is 2.23 bits per heavy atom. The van der Waals surface area contributed by atoms with Crippen molar-refractivity contribution < 1.29 is 24.2 Å². The van der Waals surface area contributed by atoms with Gasteiger partial charge in [0.1, 0.15) is 6.61 Å². The molecule has 0 aliphatic heterocycles. The molecule has 1 aliphatic carbocycles. The van der Waals surface area contributed by atoms with Crippen LogP contribution in [0.5, 0.6) is 0 Å². The Kier molecular flexibility index (Phi) is 7.67. The molecule has 0 atom stereocenters. The normalized spacial score (nSPS) is 11.9. The van der Waals surface area contributed by atoms with E-state index >= 15 is 0 Å². The largest absolute Gasteiger partial charge is 0.478 e. The van der Waals surface area contributed by atoms with Crippen LogP contribution >= 0.6 is 11.6 Å². The fraction of sp³-hybridized carbons (Fsp3) is 0.222. The lowest BCUT2D eigenvalue weighted by Crippen LogP contribution is -2.27. The first-order chi connectivity index (χ1) is 16.9. The highest BCUT2D eigenvalue weighted by Gasteiger charge is 2.28. The molecule has 0 radical (unpaired) electrons. The number of amides is 2. The van der Waals surface area contributed by atoms with Gasteiger partial charge in [-0.3, -0.25) is 4.79 Å². The molecular formula is C27H25ClN2O5. The number of ether oxygens (including phenoxy) is 1. The molecule has 8 heteroatoms. The summed E-state index contributed by atoms with van der Waals surface area (Å²) in [6.07, 6.45) is 0.834. The van der Waals surface area contributed by atoms with E-state index in [4.69, 9.17) is 21.4 Å². The summed E-state index contributed by atoms with van der Waals surface area (Å²) in [5.74, 6) is -1.38. The predicted octanol–water partition coefficient (Wildman–Crippen LogP) is 5.69. The molecule has 0 spiro atoms.